The van der Waals surface area contributed by atoms with Crippen LogP contribution < -0.4 is 0 Å². The van der Waals surface area contributed by atoms with Gasteiger partial charge in [-0.2, -0.15) is 5.10 Å². The van der Waals surface area contributed by atoms with Gasteiger partial charge in [0.25, 0.3) is 5.91 Å². The van der Waals surface area contributed by atoms with Crippen LogP contribution in [-0.2, 0) is 14.0 Å². The summed E-state index contributed by atoms with van der Waals surface area (Å²) in [7, 11) is -2.15. The molecule has 1 aliphatic carbocycles. The molecule has 0 aromatic carbocycles. The summed E-state index contributed by atoms with van der Waals surface area (Å²) in [4.78, 5) is 32.8. The summed E-state index contributed by atoms with van der Waals surface area (Å²) < 4.78 is 14.1. The number of ether oxygens (including phenoxy) is 1. The molecule has 2 heterocycles. The molecule has 1 saturated carbocycles. The van der Waals surface area contributed by atoms with Crippen LogP contribution in [0.25, 0.3) is 0 Å². The quantitative estimate of drug-likeness (QED) is 0.154. The second-order valence-electron chi connectivity index (χ2n) is 13.4. The molecule has 2 aromatic heterocycles. The van der Waals surface area contributed by atoms with Crippen molar-refractivity contribution in [3.63, 3.8) is 0 Å². The van der Waals surface area contributed by atoms with E-state index >= 15 is 0 Å². The largest absolute Gasteiger partial charge is 0.466 e. The third kappa shape index (κ3) is 8.58. The Hall–Kier alpha value is -1.65. The van der Waals surface area contributed by atoms with Gasteiger partial charge in [-0.1, -0.05) is 76.3 Å². The first-order valence-electron chi connectivity index (χ1n) is 15.8. The van der Waals surface area contributed by atoms with Crippen molar-refractivity contribution in [1.82, 2.24) is 19.7 Å². The number of hydrogen-bond donors (Lipinski definition) is 0. The van der Waals surface area contributed by atoms with E-state index in [1.165, 1.54) is 0 Å². The predicted molar refractivity (Wildman–Crippen MR) is 180 cm³/mol. The van der Waals surface area contributed by atoms with Gasteiger partial charge in [0.2, 0.25) is 0 Å². The Balaban J connectivity index is 1.95. The summed E-state index contributed by atoms with van der Waals surface area (Å²) in [6.45, 7) is 17.6. The highest BCUT2D eigenvalue weighted by molar-refractivity contribution is 6.73. The van der Waals surface area contributed by atoms with Gasteiger partial charge in [0.1, 0.15) is 5.15 Å². The van der Waals surface area contributed by atoms with Gasteiger partial charge in [0.05, 0.1) is 52.5 Å². The van der Waals surface area contributed by atoms with Crippen molar-refractivity contribution >= 4 is 55.0 Å². The fourth-order valence-corrected chi connectivity index (χ4v) is 9.83. The van der Waals surface area contributed by atoms with E-state index in [2.05, 4.69) is 51.6 Å². The second kappa shape index (κ2) is 15.3. The number of hydrogen-bond acceptors (Lipinski definition) is 6. The van der Waals surface area contributed by atoms with E-state index in [1.54, 1.807) is 28.2 Å². The van der Waals surface area contributed by atoms with E-state index in [4.69, 9.17) is 44.0 Å². The fourth-order valence-electron chi connectivity index (χ4n) is 6.12. The molecule has 0 N–H and O–H groups in total. The minimum Gasteiger partial charge on any atom is -0.466 e. The monoisotopic (exact) mass is 686 g/mol. The number of halogens is 3. The number of aromatic nitrogens is 3. The number of rotatable bonds is 13. The number of pyridine rings is 1. The zero-order valence-electron chi connectivity index (χ0n) is 27.5. The lowest BCUT2D eigenvalue weighted by molar-refractivity contribution is -0.156. The average Bonchev–Trinajstić information content (AvgIpc) is 3.35. The summed E-state index contributed by atoms with van der Waals surface area (Å²) in [5, 5.41) is 5.70. The Bertz CT molecular complexity index is 1260. The van der Waals surface area contributed by atoms with Crippen molar-refractivity contribution in [2.45, 2.75) is 111 Å². The maximum Gasteiger partial charge on any atom is 0.311 e. The van der Waals surface area contributed by atoms with Gasteiger partial charge < -0.3 is 14.1 Å². The van der Waals surface area contributed by atoms with Gasteiger partial charge in [0, 0.05) is 24.5 Å². The van der Waals surface area contributed by atoms with E-state index in [0.29, 0.717) is 65.2 Å². The van der Waals surface area contributed by atoms with Crippen molar-refractivity contribution in [3.05, 3.63) is 44.9 Å². The minimum atomic E-state index is -2.15. The standard InChI is InChI=1S/C32H49Cl3N4O4Si/c1-9-42-30(41)32(8)15-13-22(14-16-32)39-28(35)23(17-37-39)29(40)38(21-31(5,6)7)20-26(43-44(10-2,11-3)12-4)27-24(33)18-36-19-25(27)34/h17-19,22,26H,9-16,20-21H2,1-8H3. The van der Waals surface area contributed by atoms with Crippen molar-refractivity contribution < 1.29 is 18.8 Å². The van der Waals surface area contributed by atoms with Crippen molar-refractivity contribution in [2.75, 3.05) is 19.7 Å². The topological polar surface area (TPSA) is 86.6 Å². The molecule has 1 fully saturated rings. The Morgan fingerprint density at radius 3 is 2.11 bits per heavy atom. The number of carbonyl (C=O) groups is 2. The highest BCUT2D eigenvalue weighted by Gasteiger charge is 2.41. The molecule has 1 aliphatic rings. The Kier molecular flexibility index (Phi) is 12.8. The molecule has 1 amide bonds. The van der Waals surface area contributed by atoms with E-state index < -0.39 is 19.8 Å². The molecule has 0 spiro atoms. The van der Waals surface area contributed by atoms with Crippen molar-refractivity contribution in [1.29, 1.82) is 0 Å². The van der Waals surface area contributed by atoms with Crippen LogP contribution in [-0.4, -0.2) is 59.6 Å². The molecule has 2 aromatic rings. The molecule has 44 heavy (non-hydrogen) atoms. The first-order chi connectivity index (χ1) is 20.6. The molecule has 0 aliphatic heterocycles. The molecule has 12 heteroatoms. The third-order valence-electron chi connectivity index (χ3n) is 9.01. The Morgan fingerprint density at radius 2 is 1.61 bits per heavy atom. The molecule has 3 rings (SSSR count). The summed E-state index contributed by atoms with van der Waals surface area (Å²) in [6, 6.07) is 2.77. The molecule has 8 nitrogen and oxygen atoms in total. The maximum atomic E-state index is 14.3. The van der Waals surface area contributed by atoms with E-state index in [-0.39, 0.29) is 29.9 Å². The highest BCUT2D eigenvalue weighted by Crippen LogP contribution is 2.43. The molecule has 246 valence electrons. The van der Waals surface area contributed by atoms with E-state index in [9.17, 15) is 9.59 Å². The van der Waals surface area contributed by atoms with Crippen LogP contribution in [0.3, 0.4) is 0 Å². The first kappa shape index (κ1) is 36.8. The lowest BCUT2D eigenvalue weighted by Crippen LogP contribution is -2.44. The Labute approximate surface area is 279 Å². The summed E-state index contributed by atoms with van der Waals surface area (Å²) >= 11 is 20.3. The van der Waals surface area contributed by atoms with Gasteiger partial charge in [-0.15, -0.1) is 0 Å². The number of nitrogens with zero attached hydrogens (tertiary/aromatic N) is 4. The Morgan fingerprint density at radius 1 is 1.05 bits per heavy atom. The molecule has 1 atom stereocenters. The number of esters is 1. The maximum absolute atomic E-state index is 14.3. The molecule has 0 bridgehead atoms. The molecular formula is C32H49Cl3N4O4Si. The van der Waals surface area contributed by atoms with E-state index in [1.807, 2.05) is 13.8 Å². The predicted octanol–water partition coefficient (Wildman–Crippen LogP) is 9.17. The summed E-state index contributed by atoms with van der Waals surface area (Å²) in [5.74, 6) is -0.388. The molecule has 1 unspecified atom stereocenters. The summed E-state index contributed by atoms with van der Waals surface area (Å²) in [5.41, 5.74) is 0.248. The molecule has 0 radical (unpaired) electrons. The van der Waals surface area contributed by atoms with E-state index in [0.717, 1.165) is 18.1 Å². The zero-order chi connectivity index (χ0) is 32.9. The second-order valence-corrected chi connectivity index (χ2v) is 19.3. The van der Waals surface area contributed by atoms with Gasteiger partial charge in [-0.05, 0) is 63.1 Å². The van der Waals surface area contributed by atoms with Crippen LogP contribution in [0.5, 0.6) is 0 Å². The van der Waals surface area contributed by atoms with Gasteiger partial charge in [-0.25, -0.2) is 0 Å². The lowest BCUT2D eigenvalue weighted by atomic mass is 9.74. The lowest BCUT2D eigenvalue weighted by Gasteiger charge is -2.38. The average molecular weight is 688 g/mol. The normalized spacial score (nSPS) is 19.9. The van der Waals surface area contributed by atoms with Crippen LogP contribution in [0.2, 0.25) is 33.3 Å². The fraction of sp³-hybridized carbons (Fsp3) is 0.688. The number of carbonyl (C=O) groups excluding carboxylic acids is 2. The molecular weight excluding hydrogens is 639 g/mol. The smallest absolute Gasteiger partial charge is 0.311 e. The first-order valence-corrected chi connectivity index (χ1v) is 19.5. The van der Waals surface area contributed by atoms with Crippen LogP contribution in [0.1, 0.15) is 109 Å². The SMILES string of the molecule is CCOC(=O)C1(C)CCC(n2ncc(C(=O)N(CC(O[Si](CC)(CC)CC)c3c(Cl)cncc3Cl)CC(C)(C)C)c2Cl)CC1. The summed E-state index contributed by atoms with van der Waals surface area (Å²) in [6.07, 6.45) is 6.91. The van der Waals surface area contributed by atoms with Crippen molar-refractivity contribution in [2.24, 2.45) is 10.8 Å². The van der Waals surface area contributed by atoms with Gasteiger partial charge in [-0.3, -0.25) is 19.3 Å². The van der Waals surface area contributed by atoms with Gasteiger partial charge >= 0.3 is 5.97 Å². The van der Waals surface area contributed by atoms with Crippen LogP contribution in [0.4, 0.5) is 0 Å². The van der Waals surface area contributed by atoms with Crippen LogP contribution in [0, 0.1) is 10.8 Å². The van der Waals surface area contributed by atoms with Crippen molar-refractivity contribution in [3.8, 4) is 0 Å². The highest BCUT2D eigenvalue weighted by atomic mass is 35.5. The third-order valence-corrected chi connectivity index (χ3v) is 14.6. The minimum absolute atomic E-state index is 0.0154. The number of amides is 1. The zero-order valence-corrected chi connectivity index (χ0v) is 30.8. The van der Waals surface area contributed by atoms with Crippen LogP contribution in [0.15, 0.2) is 18.6 Å². The van der Waals surface area contributed by atoms with Crippen LogP contribution >= 0.6 is 34.8 Å². The molecule has 0 saturated heterocycles. The van der Waals surface area contributed by atoms with Gasteiger partial charge in [0.15, 0.2) is 8.32 Å².